The molecule has 3 heteroatoms. The van der Waals surface area contributed by atoms with Gasteiger partial charge in [0.2, 0.25) is 0 Å². The predicted octanol–water partition coefficient (Wildman–Crippen LogP) is 4.21. The van der Waals surface area contributed by atoms with Gasteiger partial charge in [-0.05, 0) is 44.4 Å². The molecule has 1 atom stereocenters. The molecule has 0 saturated carbocycles. The lowest BCUT2D eigenvalue weighted by atomic mass is 9.89. The quantitative estimate of drug-likeness (QED) is 0.733. The fourth-order valence-corrected chi connectivity index (χ4v) is 2.82. The molecule has 0 radical (unpaired) electrons. The van der Waals surface area contributed by atoms with E-state index in [0.29, 0.717) is 18.3 Å². The lowest BCUT2D eigenvalue weighted by molar-refractivity contribution is -0.205. The van der Waals surface area contributed by atoms with E-state index in [4.69, 9.17) is 9.47 Å². The maximum absolute atomic E-state index is 12.9. The number of rotatable bonds is 5. The topological polar surface area (TPSA) is 18.5 Å². The normalized spacial score (nSPS) is 33.2. The number of halogens is 1. The third-order valence-electron chi connectivity index (χ3n) is 4.01. The molecule has 104 valence electrons. The van der Waals surface area contributed by atoms with E-state index in [1.54, 1.807) is 6.08 Å². The molecule has 0 aromatic heterocycles. The summed E-state index contributed by atoms with van der Waals surface area (Å²) in [4.78, 5) is 0. The SMILES string of the molecule is CCC[C@H]1CO[C@H](CCC2CC=C(F)CC2)OC1. The summed E-state index contributed by atoms with van der Waals surface area (Å²) in [6.07, 6.45) is 8.65. The minimum atomic E-state index is -0.0196. The Bertz CT molecular complexity index is 270. The van der Waals surface area contributed by atoms with Crippen LogP contribution in [0.3, 0.4) is 0 Å². The van der Waals surface area contributed by atoms with E-state index >= 15 is 0 Å². The Morgan fingerprint density at radius 3 is 2.56 bits per heavy atom. The molecule has 0 aromatic rings. The van der Waals surface area contributed by atoms with Gasteiger partial charge in [-0.1, -0.05) is 19.4 Å². The zero-order chi connectivity index (χ0) is 12.8. The van der Waals surface area contributed by atoms with E-state index < -0.39 is 0 Å². The second kappa shape index (κ2) is 7.25. The molecule has 1 aliphatic heterocycles. The monoisotopic (exact) mass is 256 g/mol. The minimum absolute atomic E-state index is 0.0196. The molecule has 0 aromatic carbocycles. The highest BCUT2D eigenvalue weighted by molar-refractivity contribution is 4.97. The van der Waals surface area contributed by atoms with Crippen LogP contribution in [0.2, 0.25) is 0 Å². The van der Waals surface area contributed by atoms with Crippen molar-refractivity contribution in [1.82, 2.24) is 0 Å². The minimum Gasteiger partial charge on any atom is -0.352 e. The Hall–Kier alpha value is -0.410. The van der Waals surface area contributed by atoms with Gasteiger partial charge in [0.05, 0.1) is 19.0 Å². The molecule has 1 fully saturated rings. The van der Waals surface area contributed by atoms with Crippen LogP contribution < -0.4 is 0 Å². The van der Waals surface area contributed by atoms with Crippen LogP contribution in [0.5, 0.6) is 0 Å². The van der Waals surface area contributed by atoms with Crippen molar-refractivity contribution >= 4 is 0 Å². The predicted molar refractivity (Wildman–Crippen MR) is 69.9 cm³/mol. The molecule has 0 spiro atoms. The standard InChI is InChI=1S/C15H25FO2/c1-2-3-13-10-17-15(18-11-13)9-6-12-4-7-14(16)8-5-12/h7,12-13,15H,2-6,8-11H2,1H3/t12?,13-,15-. The Kier molecular flexibility index (Phi) is 5.64. The van der Waals surface area contributed by atoms with Gasteiger partial charge in [-0.25, -0.2) is 4.39 Å². The van der Waals surface area contributed by atoms with E-state index in [1.807, 2.05) is 0 Å². The summed E-state index contributed by atoms with van der Waals surface area (Å²) in [5.74, 6) is 1.27. The molecular weight excluding hydrogens is 231 g/mol. The summed E-state index contributed by atoms with van der Waals surface area (Å²) >= 11 is 0. The number of hydrogen-bond donors (Lipinski definition) is 0. The van der Waals surface area contributed by atoms with Crippen LogP contribution in [0.4, 0.5) is 4.39 Å². The number of hydrogen-bond acceptors (Lipinski definition) is 2. The Balaban J connectivity index is 1.61. The van der Waals surface area contributed by atoms with Gasteiger partial charge in [0, 0.05) is 5.92 Å². The molecule has 2 aliphatic rings. The average molecular weight is 256 g/mol. The largest absolute Gasteiger partial charge is 0.352 e. The van der Waals surface area contributed by atoms with Gasteiger partial charge in [0.1, 0.15) is 0 Å². The lowest BCUT2D eigenvalue weighted by Crippen LogP contribution is -2.32. The van der Waals surface area contributed by atoms with Gasteiger partial charge < -0.3 is 9.47 Å². The second-order valence-corrected chi connectivity index (χ2v) is 5.62. The highest BCUT2D eigenvalue weighted by Gasteiger charge is 2.23. The fourth-order valence-electron chi connectivity index (χ4n) is 2.82. The van der Waals surface area contributed by atoms with Crippen molar-refractivity contribution in [3.8, 4) is 0 Å². The first-order chi connectivity index (χ1) is 8.78. The molecule has 0 amide bonds. The van der Waals surface area contributed by atoms with Crippen LogP contribution in [0.1, 0.15) is 51.9 Å². The molecule has 1 unspecified atom stereocenters. The first-order valence-electron chi connectivity index (χ1n) is 7.35. The molecule has 2 nitrogen and oxygen atoms in total. The molecule has 1 aliphatic carbocycles. The highest BCUT2D eigenvalue weighted by Crippen LogP contribution is 2.29. The third kappa shape index (κ3) is 4.36. The fraction of sp³-hybridized carbons (Fsp3) is 0.867. The van der Waals surface area contributed by atoms with Crippen molar-refractivity contribution < 1.29 is 13.9 Å². The van der Waals surface area contributed by atoms with Gasteiger partial charge >= 0.3 is 0 Å². The van der Waals surface area contributed by atoms with Crippen molar-refractivity contribution in [2.75, 3.05) is 13.2 Å². The van der Waals surface area contributed by atoms with Crippen molar-refractivity contribution in [3.63, 3.8) is 0 Å². The number of allylic oxidation sites excluding steroid dienone is 2. The van der Waals surface area contributed by atoms with Gasteiger partial charge in [-0.3, -0.25) is 0 Å². The van der Waals surface area contributed by atoms with E-state index in [2.05, 4.69) is 6.92 Å². The van der Waals surface area contributed by atoms with Crippen molar-refractivity contribution in [1.29, 1.82) is 0 Å². The Morgan fingerprint density at radius 1 is 1.17 bits per heavy atom. The molecule has 0 N–H and O–H groups in total. The summed E-state index contributed by atoms with van der Waals surface area (Å²) < 4.78 is 24.4. The van der Waals surface area contributed by atoms with Crippen LogP contribution in [0, 0.1) is 11.8 Å². The van der Waals surface area contributed by atoms with Gasteiger partial charge in [0.15, 0.2) is 6.29 Å². The second-order valence-electron chi connectivity index (χ2n) is 5.62. The van der Waals surface area contributed by atoms with Crippen LogP contribution >= 0.6 is 0 Å². The molecular formula is C15H25FO2. The average Bonchev–Trinajstić information content (AvgIpc) is 2.40. The zero-order valence-corrected chi connectivity index (χ0v) is 11.4. The molecule has 2 rings (SSSR count). The Morgan fingerprint density at radius 2 is 1.94 bits per heavy atom. The van der Waals surface area contributed by atoms with E-state index in [0.717, 1.165) is 38.9 Å². The highest BCUT2D eigenvalue weighted by atomic mass is 19.1. The van der Waals surface area contributed by atoms with Gasteiger partial charge in [-0.2, -0.15) is 0 Å². The van der Waals surface area contributed by atoms with E-state index in [-0.39, 0.29) is 12.1 Å². The van der Waals surface area contributed by atoms with Crippen molar-refractivity contribution in [3.05, 3.63) is 11.9 Å². The maximum Gasteiger partial charge on any atom is 0.157 e. The van der Waals surface area contributed by atoms with Crippen LogP contribution in [-0.4, -0.2) is 19.5 Å². The van der Waals surface area contributed by atoms with E-state index in [9.17, 15) is 4.39 Å². The molecule has 18 heavy (non-hydrogen) atoms. The first-order valence-corrected chi connectivity index (χ1v) is 7.35. The van der Waals surface area contributed by atoms with Crippen LogP contribution in [0.25, 0.3) is 0 Å². The van der Waals surface area contributed by atoms with Crippen LogP contribution in [0.15, 0.2) is 11.9 Å². The summed E-state index contributed by atoms with van der Waals surface area (Å²) in [7, 11) is 0. The summed E-state index contributed by atoms with van der Waals surface area (Å²) in [5, 5.41) is 0. The molecule has 1 saturated heterocycles. The van der Waals surface area contributed by atoms with Gasteiger partial charge in [0.25, 0.3) is 0 Å². The van der Waals surface area contributed by atoms with Gasteiger partial charge in [-0.15, -0.1) is 0 Å². The summed E-state index contributed by atoms with van der Waals surface area (Å²) in [6, 6.07) is 0. The van der Waals surface area contributed by atoms with E-state index in [1.165, 1.54) is 12.8 Å². The maximum atomic E-state index is 12.9. The smallest absolute Gasteiger partial charge is 0.157 e. The molecule has 0 bridgehead atoms. The molecule has 1 heterocycles. The van der Waals surface area contributed by atoms with Crippen LogP contribution in [-0.2, 0) is 9.47 Å². The first kappa shape index (κ1) is 14.0. The Labute approximate surface area is 110 Å². The van der Waals surface area contributed by atoms with Crippen molar-refractivity contribution in [2.24, 2.45) is 11.8 Å². The summed E-state index contributed by atoms with van der Waals surface area (Å²) in [6.45, 7) is 3.89. The lowest BCUT2D eigenvalue weighted by Gasteiger charge is -2.30. The van der Waals surface area contributed by atoms with Crippen molar-refractivity contribution in [2.45, 2.75) is 58.2 Å². The zero-order valence-electron chi connectivity index (χ0n) is 11.4. The third-order valence-corrected chi connectivity index (χ3v) is 4.01. The summed E-state index contributed by atoms with van der Waals surface area (Å²) in [5.41, 5.74) is 0. The number of ether oxygens (including phenoxy) is 2.